The molecule has 0 bridgehead atoms. The van der Waals surface area contributed by atoms with Crippen LogP contribution in [0, 0.1) is 10.1 Å². The molecule has 2 aromatic carbocycles. The number of carbonyl (C=O) groups is 1. The smallest absolute Gasteiger partial charge is 0.270 e. The van der Waals surface area contributed by atoms with E-state index < -0.39 is 4.92 Å². The van der Waals surface area contributed by atoms with Crippen molar-refractivity contribution < 1.29 is 9.72 Å². The zero-order valence-corrected chi connectivity index (χ0v) is 18.8. The van der Waals surface area contributed by atoms with E-state index in [-0.39, 0.29) is 17.5 Å². The molecule has 1 saturated heterocycles. The van der Waals surface area contributed by atoms with Crippen LogP contribution in [-0.4, -0.2) is 35.4 Å². The van der Waals surface area contributed by atoms with Crippen molar-refractivity contribution in [3.8, 4) is 0 Å². The second-order valence-electron chi connectivity index (χ2n) is 8.22. The van der Waals surface area contributed by atoms with Gasteiger partial charge in [0.1, 0.15) is 0 Å². The number of nitrogens with zero attached hydrogens (tertiary/aromatic N) is 2. The fourth-order valence-electron chi connectivity index (χ4n) is 4.58. The van der Waals surface area contributed by atoms with Gasteiger partial charge in [-0.1, -0.05) is 24.3 Å². The summed E-state index contributed by atoms with van der Waals surface area (Å²) >= 11 is 1.65. The number of anilines is 1. The molecule has 33 heavy (non-hydrogen) atoms. The van der Waals surface area contributed by atoms with Gasteiger partial charge in [-0.15, -0.1) is 11.3 Å². The minimum absolute atomic E-state index is 0.0287. The molecule has 2 N–H and O–H groups in total. The third-order valence-electron chi connectivity index (χ3n) is 6.23. The molecular weight excluding hydrogens is 436 g/mol. The number of benzene rings is 2. The van der Waals surface area contributed by atoms with Crippen molar-refractivity contribution in [2.75, 3.05) is 24.5 Å². The van der Waals surface area contributed by atoms with Crippen LogP contribution in [0.5, 0.6) is 0 Å². The number of aromatic nitrogens is 1. The van der Waals surface area contributed by atoms with Crippen molar-refractivity contribution in [3.05, 3.63) is 92.3 Å². The molecular formula is C25H24N4O3S. The molecule has 1 unspecified atom stereocenters. The molecule has 0 spiro atoms. The lowest BCUT2D eigenvalue weighted by Gasteiger charge is -2.22. The van der Waals surface area contributed by atoms with Crippen LogP contribution in [0.4, 0.5) is 11.4 Å². The molecule has 1 aliphatic rings. The Hall–Kier alpha value is -3.65. The second-order valence-corrected chi connectivity index (χ2v) is 9.20. The molecule has 1 aliphatic heterocycles. The first-order valence-electron chi connectivity index (χ1n) is 11.0. The summed E-state index contributed by atoms with van der Waals surface area (Å²) in [5.41, 5.74) is 3.21. The van der Waals surface area contributed by atoms with Crippen molar-refractivity contribution in [2.24, 2.45) is 0 Å². The van der Waals surface area contributed by atoms with Gasteiger partial charge in [0.25, 0.3) is 11.6 Å². The molecule has 8 heteroatoms. The number of para-hydroxylation sites is 1. The number of nitro groups is 1. The normalized spacial score (nSPS) is 14.5. The van der Waals surface area contributed by atoms with Crippen LogP contribution in [-0.2, 0) is 0 Å². The number of carbonyl (C=O) groups excluding carboxylic acids is 1. The van der Waals surface area contributed by atoms with Gasteiger partial charge >= 0.3 is 0 Å². The number of non-ortho nitro benzene ring substituents is 1. The van der Waals surface area contributed by atoms with Crippen LogP contribution in [0.2, 0.25) is 0 Å². The van der Waals surface area contributed by atoms with Gasteiger partial charge in [-0.05, 0) is 42.0 Å². The highest BCUT2D eigenvalue weighted by molar-refractivity contribution is 7.10. The van der Waals surface area contributed by atoms with E-state index >= 15 is 0 Å². The van der Waals surface area contributed by atoms with Gasteiger partial charge in [0.2, 0.25) is 0 Å². The molecule has 1 fully saturated rings. The largest absolute Gasteiger partial charge is 0.371 e. The second kappa shape index (κ2) is 9.07. The van der Waals surface area contributed by atoms with E-state index in [1.54, 1.807) is 17.4 Å². The molecule has 1 amide bonds. The van der Waals surface area contributed by atoms with E-state index in [4.69, 9.17) is 0 Å². The SMILES string of the molecule is O=C(NCC(c1cccs1)c1c[nH]c2ccccc12)c1cc([N+](=O)[O-])ccc1N1CCCC1. The fraction of sp³-hybridized carbons (Fsp3) is 0.240. The summed E-state index contributed by atoms with van der Waals surface area (Å²) in [7, 11) is 0. The highest BCUT2D eigenvalue weighted by Crippen LogP contribution is 2.33. The summed E-state index contributed by atoms with van der Waals surface area (Å²) in [5, 5.41) is 17.6. The maximum Gasteiger partial charge on any atom is 0.270 e. The number of hydrogen-bond donors (Lipinski definition) is 2. The predicted octanol–water partition coefficient (Wildman–Crippen LogP) is 5.30. The number of aromatic amines is 1. The third-order valence-corrected chi connectivity index (χ3v) is 7.22. The molecule has 7 nitrogen and oxygen atoms in total. The number of rotatable bonds is 7. The summed E-state index contributed by atoms with van der Waals surface area (Å²) < 4.78 is 0. The van der Waals surface area contributed by atoms with Crippen LogP contribution in [0.25, 0.3) is 10.9 Å². The molecule has 0 aliphatic carbocycles. The fourth-order valence-corrected chi connectivity index (χ4v) is 5.42. The lowest BCUT2D eigenvalue weighted by atomic mass is 9.96. The molecule has 4 aromatic rings. The molecule has 5 rings (SSSR count). The maximum atomic E-state index is 13.3. The minimum atomic E-state index is -0.453. The van der Waals surface area contributed by atoms with E-state index in [1.165, 1.54) is 12.1 Å². The zero-order chi connectivity index (χ0) is 22.8. The van der Waals surface area contributed by atoms with Crippen molar-refractivity contribution >= 4 is 39.5 Å². The summed E-state index contributed by atoms with van der Waals surface area (Å²) in [4.78, 5) is 30.9. The summed E-state index contributed by atoms with van der Waals surface area (Å²) in [6.45, 7) is 2.10. The topological polar surface area (TPSA) is 91.3 Å². The van der Waals surface area contributed by atoms with Crippen molar-refractivity contribution in [1.82, 2.24) is 10.3 Å². The van der Waals surface area contributed by atoms with Crippen molar-refractivity contribution in [2.45, 2.75) is 18.8 Å². The van der Waals surface area contributed by atoms with Crippen LogP contribution in [0.1, 0.15) is 39.6 Å². The van der Waals surface area contributed by atoms with Gasteiger partial charge in [0.05, 0.1) is 16.2 Å². The molecule has 168 valence electrons. The van der Waals surface area contributed by atoms with Crippen LogP contribution >= 0.6 is 11.3 Å². The number of hydrogen-bond acceptors (Lipinski definition) is 5. The average molecular weight is 461 g/mol. The molecule has 0 radical (unpaired) electrons. The number of nitrogens with one attached hydrogen (secondary N) is 2. The van der Waals surface area contributed by atoms with Crippen LogP contribution < -0.4 is 10.2 Å². The van der Waals surface area contributed by atoms with E-state index in [0.29, 0.717) is 12.1 Å². The Kier molecular flexibility index (Phi) is 5.83. The first-order valence-corrected chi connectivity index (χ1v) is 11.9. The van der Waals surface area contributed by atoms with E-state index in [0.717, 1.165) is 53.0 Å². The van der Waals surface area contributed by atoms with Gasteiger partial charge in [0, 0.05) is 59.7 Å². The Balaban J connectivity index is 1.45. The van der Waals surface area contributed by atoms with Gasteiger partial charge in [0.15, 0.2) is 0 Å². The molecule has 2 aromatic heterocycles. The van der Waals surface area contributed by atoms with Crippen molar-refractivity contribution in [3.63, 3.8) is 0 Å². The van der Waals surface area contributed by atoms with Gasteiger partial charge < -0.3 is 15.2 Å². The van der Waals surface area contributed by atoms with E-state index in [2.05, 4.69) is 27.3 Å². The van der Waals surface area contributed by atoms with Gasteiger partial charge in [-0.2, -0.15) is 0 Å². The van der Waals surface area contributed by atoms with E-state index in [1.807, 2.05) is 35.8 Å². The molecule has 0 saturated carbocycles. The quantitative estimate of drug-likeness (QED) is 0.289. The monoisotopic (exact) mass is 460 g/mol. The summed E-state index contributed by atoms with van der Waals surface area (Å²) in [5.74, 6) is -0.318. The van der Waals surface area contributed by atoms with Crippen molar-refractivity contribution in [1.29, 1.82) is 0 Å². The Morgan fingerprint density at radius 2 is 1.97 bits per heavy atom. The number of thiophene rings is 1. The molecule has 1 atom stereocenters. The number of fused-ring (bicyclic) bond motifs is 1. The highest BCUT2D eigenvalue weighted by atomic mass is 32.1. The maximum absolute atomic E-state index is 13.3. The zero-order valence-electron chi connectivity index (χ0n) is 18.0. The standard InChI is InChI=1S/C25H24N4O3S/c30-25(19-14-17(29(31)32)9-10-23(19)28-11-3-4-12-28)27-16-21(24-8-5-13-33-24)20-15-26-22-7-2-1-6-18(20)22/h1-2,5-10,13-15,21,26H,3-4,11-12,16H2,(H,27,30). The van der Waals surface area contributed by atoms with Crippen LogP contribution in [0.3, 0.4) is 0 Å². The Bertz CT molecular complexity index is 1290. The average Bonchev–Trinajstić information content (AvgIpc) is 3.61. The van der Waals surface area contributed by atoms with Crippen LogP contribution in [0.15, 0.2) is 66.2 Å². The first kappa shape index (κ1) is 21.2. The Labute approximate surface area is 195 Å². The number of H-pyrrole nitrogens is 1. The predicted molar refractivity (Wildman–Crippen MR) is 131 cm³/mol. The Morgan fingerprint density at radius 3 is 2.73 bits per heavy atom. The highest BCUT2D eigenvalue weighted by Gasteiger charge is 2.25. The third kappa shape index (κ3) is 4.21. The molecule has 3 heterocycles. The van der Waals surface area contributed by atoms with Gasteiger partial charge in [-0.25, -0.2) is 0 Å². The lowest BCUT2D eigenvalue weighted by molar-refractivity contribution is -0.384. The number of amides is 1. The van der Waals surface area contributed by atoms with E-state index in [9.17, 15) is 14.9 Å². The summed E-state index contributed by atoms with van der Waals surface area (Å²) in [6, 6.07) is 16.8. The van der Waals surface area contributed by atoms with Gasteiger partial charge in [-0.3, -0.25) is 14.9 Å². The lowest BCUT2D eigenvalue weighted by Crippen LogP contribution is -2.31. The first-order chi connectivity index (χ1) is 16.1. The Morgan fingerprint density at radius 1 is 1.15 bits per heavy atom. The summed E-state index contributed by atoms with van der Waals surface area (Å²) in [6.07, 6.45) is 4.11. The minimum Gasteiger partial charge on any atom is -0.371 e. The number of nitro benzene ring substituents is 1.